The molecule has 1 fully saturated rings. The fourth-order valence-electron chi connectivity index (χ4n) is 5.24. The first-order valence-electron chi connectivity index (χ1n) is 13.7. The number of aromatic nitrogens is 1. The maximum Gasteiger partial charge on any atom is 0.246 e. The Kier molecular flexibility index (Phi) is 8.72. The van der Waals surface area contributed by atoms with Crippen LogP contribution < -0.4 is 5.32 Å². The maximum atomic E-state index is 12.9. The third-order valence-electron chi connectivity index (χ3n) is 7.67. The number of hydrogen-bond donors (Lipinski definition) is 1. The number of thiophene rings is 1. The maximum absolute atomic E-state index is 12.9. The molecule has 206 valence electrons. The number of nitrogens with one attached hydrogen (secondary N) is 1. The van der Waals surface area contributed by atoms with E-state index in [2.05, 4.69) is 57.2 Å². The van der Waals surface area contributed by atoms with E-state index in [1.165, 1.54) is 20.5 Å². The molecule has 2 aliphatic heterocycles. The average Bonchev–Trinajstić information content (AvgIpc) is 3.14. The van der Waals surface area contributed by atoms with E-state index in [0.717, 1.165) is 56.8 Å². The van der Waals surface area contributed by atoms with Crippen LogP contribution in [0.4, 0.5) is 5.82 Å². The summed E-state index contributed by atoms with van der Waals surface area (Å²) in [7, 11) is 4.01. The molecule has 8 nitrogen and oxygen atoms in total. The van der Waals surface area contributed by atoms with Crippen molar-refractivity contribution in [2.24, 2.45) is 0 Å². The highest BCUT2D eigenvalue weighted by molar-refractivity contribution is 7.19. The van der Waals surface area contributed by atoms with Crippen LogP contribution >= 0.6 is 11.3 Å². The van der Waals surface area contributed by atoms with Crippen LogP contribution in [-0.2, 0) is 22.7 Å². The number of anilines is 1. The molecule has 0 saturated carbocycles. The van der Waals surface area contributed by atoms with Gasteiger partial charge >= 0.3 is 0 Å². The van der Waals surface area contributed by atoms with Crippen molar-refractivity contribution >= 4 is 45.1 Å². The molecule has 1 N–H and O–H groups in total. The molecule has 0 bridgehead atoms. The van der Waals surface area contributed by atoms with Crippen LogP contribution in [0.15, 0.2) is 42.6 Å². The number of carbonyl (C=O) groups excluding carboxylic acids is 2. The SMILES string of the molecule is Cc1c(CN(C)C(=O)C=Cc2cnc3c(c2)CN(CCCN2CCN(C)CC2)CC(=O)N3)sc2ccccc12. The largest absolute Gasteiger partial charge is 0.337 e. The number of amides is 2. The molecular weight excluding hydrogens is 508 g/mol. The average molecular weight is 547 g/mol. The second-order valence-electron chi connectivity index (χ2n) is 10.7. The zero-order valence-electron chi connectivity index (χ0n) is 23.2. The predicted octanol–water partition coefficient (Wildman–Crippen LogP) is 3.67. The Morgan fingerprint density at radius 1 is 1.13 bits per heavy atom. The van der Waals surface area contributed by atoms with Crippen LogP contribution in [-0.4, -0.2) is 96.3 Å². The van der Waals surface area contributed by atoms with Gasteiger partial charge in [-0.25, -0.2) is 4.98 Å². The van der Waals surface area contributed by atoms with E-state index in [4.69, 9.17) is 0 Å². The van der Waals surface area contributed by atoms with Gasteiger partial charge in [-0.1, -0.05) is 18.2 Å². The first kappa shape index (κ1) is 27.5. The molecular formula is C30H38N6O2S. The topological polar surface area (TPSA) is 72.0 Å². The molecule has 2 aromatic heterocycles. The molecule has 2 amide bonds. The molecule has 0 unspecified atom stereocenters. The standard InChI is InChI=1S/C30H38N6O2S/c1-22-25-7-4-5-8-26(25)39-27(22)20-34(3)29(38)10-9-23-17-24-19-36(21-28(37)32-30(24)31-18-23)12-6-11-35-15-13-33(2)14-16-35/h4-5,7-10,17-18H,6,11-16,19-21H2,1-3H3,(H,31,32,37). The third kappa shape index (κ3) is 6.91. The minimum Gasteiger partial charge on any atom is -0.337 e. The molecule has 0 radical (unpaired) electrons. The van der Waals surface area contributed by atoms with Gasteiger partial charge in [0.1, 0.15) is 5.82 Å². The molecule has 39 heavy (non-hydrogen) atoms. The zero-order chi connectivity index (χ0) is 27.4. The number of aryl methyl sites for hydroxylation is 1. The molecule has 0 aliphatic carbocycles. The van der Waals surface area contributed by atoms with Crippen LogP contribution in [0, 0.1) is 6.92 Å². The van der Waals surface area contributed by atoms with E-state index in [1.54, 1.807) is 28.5 Å². The van der Waals surface area contributed by atoms with Crippen LogP contribution in [0.1, 0.15) is 28.0 Å². The summed E-state index contributed by atoms with van der Waals surface area (Å²) >= 11 is 1.74. The minimum atomic E-state index is -0.0550. The number of fused-ring (bicyclic) bond motifs is 2. The summed E-state index contributed by atoms with van der Waals surface area (Å²) in [6.07, 6.45) is 6.16. The van der Waals surface area contributed by atoms with Gasteiger partial charge in [0.15, 0.2) is 0 Å². The number of benzene rings is 1. The number of carbonyl (C=O) groups is 2. The highest BCUT2D eigenvalue weighted by atomic mass is 32.1. The number of nitrogens with zero attached hydrogens (tertiary/aromatic N) is 5. The number of likely N-dealkylation sites (N-methyl/N-ethyl adjacent to an activating group) is 2. The number of hydrogen-bond acceptors (Lipinski definition) is 7. The molecule has 3 aromatic rings. The van der Waals surface area contributed by atoms with E-state index in [-0.39, 0.29) is 11.8 Å². The van der Waals surface area contributed by atoms with Crippen LogP contribution in [0.3, 0.4) is 0 Å². The minimum absolute atomic E-state index is 0.0301. The first-order valence-corrected chi connectivity index (χ1v) is 14.5. The summed E-state index contributed by atoms with van der Waals surface area (Å²) < 4.78 is 1.25. The van der Waals surface area contributed by atoms with Crippen molar-refractivity contribution in [3.05, 3.63) is 64.2 Å². The summed E-state index contributed by atoms with van der Waals surface area (Å²) in [5.41, 5.74) is 3.07. The van der Waals surface area contributed by atoms with Gasteiger partial charge in [-0.3, -0.25) is 14.5 Å². The van der Waals surface area contributed by atoms with Gasteiger partial charge < -0.3 is 20.0 Å². The van der Waals surface area contributed by atoms with Gasteiger partial charge in [0.05, 0.1) is 13.1 Å². The lowest BCUT2D eigenvalue weighted by molar-refractivity contribution is -0.125. The predicted molar refractivity (Wildman–Crippen MR) is 159 cm³/mol. The Labute approximate surface area is 234 Å². The molecule has 4 heterocycles. The van der Waals surface area contributed by atoms with Crippen LogP contribution in [0.5, 0.6) is 0 Å². The monoisotopic (exact) mass is 546 g/mol. The van der Waals surface area contributed by atoms with Gasteiger partial charge in [-0.2, -0.15) is 0 Å². The van der Waals surface area contributed by atoms with Gasteiger partial charge in [-0.05, 0) is 61.7 Å². The Balaban J connectivity index is 1.19. The highest BCUT2D eigenvalue weighted by Crippen LogP contribution is 2.31. The molecule has 0 atom stereocenters. The van der Waals surface area contributed by atoms with Crippen molar-refractivity contribution in [1.29, 1.82) is 0 Å². The molecule has 5 rings (SSSR count). The third-order valence-corrected chi connectivity index (χ3v) is 8.93. The lowest BCUT2D eigenvalue weighted by atomic mass is 10.1. The number of pyridine rings is 1. The Hall–Kier alpha value is -3.11. The molecule has 0 spiro atoms. The Morgan fingerprint density at radius 3 is 2.69 bits per heavy atom. The summed E-state index contributed by atoms with van der Waals surface area (Å²) in [6, 6.07) is 10.4. The van der Waals surface area contributed by atoms with Gasteiger partial charge in [0.2, 0.25) is 11.8 Å². The first-order chi connectivity index (χ1) is 18.9. The van der Waals surface area contributed by atoms with E-state index < -0.39 is 0 Å². The zero-order valence-corrected chi connectivity index (χ0v) is 24.0. The van der Waals surface area contributed by atoms with Crippen molar-refractivity contribution in [2.45, 2.75) is 26.4 Å². The van der Waals surface area contributed by atoms with Gasteiger partial charge in [-0.15, -0.1) is 11.3 Å². The van der Waals surface area contributed by atoms with Crippen molar-refractivity contribution in [3.63, 3.8) is 0 Å². The summed E-state index contributed by atoms with van der Waals surface area (Å²) in [6.45, 7) is 10.1. The highest BCUT2D eigenvalue weighted by Gasteiger charge is 2.21. The van der Waals surface area contributed by atoms with E-state index >= 15 is 0 Å². The number of rotatable bonds is 8. The normalized spacial score (nSPS) is 17.4. The number of piperazine rings is 1. The van der Waals surface area contributed by atoms with E-state index in [0.29, 0.717) is 25.5 Å². The molecule has 9 heteroatoms. The van der Waals surface area contributed by atoms with Crippen LogP contribution in [0.25, 0.3) is 16.2 Å². The summed E-state index contributed by atoms with van der Waals surface area (Å²) in [5.74, 6) is 0.528. The van der Waals surface area contributed by atoms with Gasteiger partial charge in [0, 0.05) is 73.7 Å². The molecule has 2 aliphatic rings. The smallest absolute Gasteiger partial charge is 0.246 e. The van der Waals surface area contributed by atoms with Gasteiger partial charge in [0.25, 0.3) is 0 Å². The summed E-state index contributed by atoms with van der Waals surface area (Å²) in [5, 5.41) is 4.20. The summed E-state index contributed by atoms with van der Waals surface area (Å²) in [4.78, 5) is 39.9. The van der Waals surface area contributed by atoms with Crippen LogP contribution in [0.2, 0.25) is 0 Å². The van der Waals surface area contributed by atoms with Crippen molar-refractivity contribution in [1.82, 2.24) is 24.6 Å². The fraction of sp³-hybridized carbons (Fsp3) is 0.433. The quantitative estimate of drug-likeness (QED) is 0.435. The Bertz CT molecular complexity index is 1360. The van der Waals surface area contributed by atoms with Crippen molar-refractivity contribution in [3.8, 4) is 0 Å². The lowest BCUT2D eigenvalue weighted by Gasteiger charge is -2.32. The Morgan fingerprint density at radius 2 is 1.90 bits per heavy atom. The van der Waals surface area contributed by atoms with E-state index in [1.807, 2.05) is 25.3 Å². The molecule has 1 aromatic carbocycles. The van der Waals surface area contributed by atoms with E-state index in [9.17, 15) is 9.59 Å². The second kappa shape index (κ2) is 12.4. The van der Waals surface area contributed by atoms with Crippen molar-refractivity contribution < 1.29 is 9.59 Å². The lowest BCUT2D eigenvalue weighted by Crippen LogP contribution is -2.45. The second-order valence-corrected chi connectivity index (χ2v) is 11.8. The van der Waals surface area contributed by atoms with Crippen molar-refractivity contribution in [2.75, 3.05) is 65.2 Å². The molecule has 1 saturated heterocycles. The fourth-order valence-corrected chi connectivity index (χ4v) is 6.50.